The quantitative estimate of drug-likeness (QED) is 0.724. The number of carbonyl (C=O) groups excluding carboxylic acids is 1. The SMILES string of the molecule is C[C@]12CCC[C@]34[C@@H]5C[C@@H]6C[C@@H]([C@H]3N3CCO[C@@H]31)[C@@]5(CC(=O)[C@@H]24)C[C@@]6(C)O. The molecular weight excluding hydrogens is 326 g/mol. The first-order chi connectivity index (χ1) is 12.3. The summed E-state index contributed by atoms with van der Waals surface area (Å²) in [6.45, 7) is 6.32. The van der Waals surface area contributed by atoms with Gasteiger partial charge in [0.15, 0.2) is 0 Å². The van der Waals surface area contributed by atoms with E-state index in [1.807, 2.05) is 0 Å². The predicted octanol–water partition coefficient (Wildman–Crippen LogP) is 2.59. The van der Waals surface area contributed by atoms with E-state index in [1.165, 1.54) is 19.3 Å². The van der Waals surface area contributed by atoms with Crippen molar-refractivity contribution < 1.29 is 14.6 Å². The molecule has 6 aliphatic carbocycles. The van der Waals surface area contributed by atoms with Gasteiger partial charge in [0.2, 0.25) is 0 Å². The van der Waals surface area contributed by atoms with Crippen molar-refractivity contribution in [2.75, 3.05) is 13.2 Å². The fourth-order valence-corrected chi connectivity index (χ4v) is 10.7. The molecule has 0 unspecified atom stereocenters. The lowest BCUT2D eigenvalue weighted by Crippen LogP contribution is -2.71. The fourth-order valence-electron chi connectivity index (χ4n) is 10.7. The standard InChI is InChI=1S/C22H31NO3/c1-19-4-3-5-22-15-9-12-8-13(17(22)23-6-7-26-18(19)23)21(15,11-20(12,2)25)10-14(24)16(19)22/h12-13,15-18,25H,3-11H2,1-2H3/t12-,13-,15+,16-,17+,18+,19+,20+,21+,22+/m0/s1. The van der Waals surface area contributed by atoms with Crippen LogP contribution in [-0.2, 0) is 9.53 Å². The summed E-state index contributed by atoms with van der Waals surface area (Å²) in [7, 11) is 0. The van der Waals surface area contributed by atoms with Gasteiger partial charge in [-0.05, 0) is 62.2 Å². The molecule has 6 saturated carbocycles. The van der Waals surface area contributed by atoms with Crippen LogP contribution in [0.15, 0.2) is 0 Å². The second kappa shape index (κ2) is 4.11. The Morgan fingerprint density at radius 3 is 2.92 bits per heavy atom. The highest BCUT2D eigenvalue weighted by atomic mass is 16.5. The molecule has 2 aliphatic heterocycles. The molecule has 1 N–H and O–H groups in total. The third-order valence-corrected chi connectivity index (χ3v) is 10.8. The normalized spacial score (nSPS) is 67.6. The molecule has 2 spiro atoms. The topological polar surface area (TPSA) is 49.8 Å². The summed E-state index contributed by atoms with van der Waals surface area (Å²) < 4.78 is 6.34. The number of carbonyl (C=O) groups is 1. The number of hydrogen-bond donors (Lipinski definition) is 1. The van der Waals surface area contributed by atoms with Crippen molar-refractivity contribution in [2.45, 2.75) is 76.7 Å². The molecule has 2 heterocycles. The summed E-state index contributed by atoms with van der Waals surface area (Å²) in [5.41, 5.74) is -0.305. The Balaban J connectivity index is 1.52. The van der Waals surface area contributed by atoms with Gasteiger partial charge < -0.3 is 9.84 Å². The molecule has 26 heavy (non-hydrogen) atoms. The number of aliphatic hydroxyl groups is 1. The van der Waals surface area contributed by atoms with E-state index >= 15 is 0 Å². The first-order valence-electron chi connectivity index (χ1n) is 11.0. The number of ketones is 1. The number of rotatable bonds is 0. The minimum Gasteiger partial charge on any atom is -0.390 e. The summed E-state index contributed by atoms with van der Waals surface area (Å²) in [6.07, 6.45) is 7.70. The zero-order chi connectivity index (χ0) is 17.7. The van der Waals surface area contributed by atoms with E-state index in [0.29, 0.717) is 29.6 Å². The largest absolute Gasteiger partial charge is 0.390 e. The first-order valence-corrected chi connectivity index (χ1v) is 11.0. The van der Waals surface area contributed by atoms with Crippen molar-refractivity contribution in [3.63, 3.8) is 0 Å². The molecule has 2 saturated heterocycles. The van der Waals surface area contributed by atoms with Crippen LogP contribution in [0.2, 0.25) is 0 Å². The average molecular weight is 357 g/mol. The maximum Gasteiger partial charge on any atom is 0.137 e. The van der Waals surface area contributed by atoms with Gasteiger partial charge in [0, 0.05) is 35.8 Å². The number of nitrogens with zero attached hydrogens (tertiary/aromatic N) is 1. The van der Waals surface area contributed by atoms with Crippen LogP contribution in [0.3, 0.4) is 0 Å². The van der Waals surface area contributed by atoms with Crippen LogP contribution in [-0.4, -0.2) is 46.8 Å². The molecular formula is C22H31NO3. The van der Waals surface area contributed by atoms with Crippen LogP contribution in [0, 0.1) is 39.9 Å². The molecule has 0 aromatic rings. The molecule has 0 aromatic carbocycles. The van der Waals surface area contributed by atoms with E-state index in [9.17, 15) is 9.90 Å². The van der Waals surface area contributed by atoms with Crippen molar-refractivity contribution in [3.05, 3.63) is 0 Å². The minimum atomic E-state index is -0.566. The monoisotopic (exact) mass is 357 g/mol. The summed E-state index contributed by atoms with van der Waals surface area (Å²) >= 11 is 0. The van der Waals surface area contributed by atoms with E-state index in [1.54, 1.807) is 0 Å². The van der Waals surface area contributed by atoms with Gasteiger partial charge in [0.05, 0.1) is 12.2 Å². The smallest absolute Gasteiger partial charge is 0.137 e. The highest BCUT2D eigenvalue weighted by Crippen LogP contribution is 2.83. The Labute approximate surface area is 155 Å². The van der Waals surface area contributed by atoms with E-state index in [4.69, 9.17) is 4.74 Å². The van der Waals surface area contributed by atoms with Gasteiger partial charge in [-0.1, -0.05) is 13.3 Å². The van der Waals surface area contributed by atoms with Crippen molar-refractivity contribution >= 4 is 5.78 Å². The number of ether oxygens (including phenoxy) is 1. The number of piperidine rings is 1. The molecule has 8 rings (SSSR count). The molecule has 6 bridgehead atoms. The van der Waals surface area contributed by atoms with Gasteiger partial charge in [-0.25, -0.2) is 0 Å². The highest BCUT2D eigenvalue weighted by molar-refractivity contribution is 5.86. The zero-order valence-electron chi connectivity index (χ0n) is 16.0. The predicted molar refractivity (Wildman–Crippen MR) is 95.1 cm³/mol. The molecule has 4 heteroatoms. The summed E-state index contributed by atoms with van der Waals surface area (Å²) in [6, 6.07) is 0.533. The first kappa shape index (κ1) is 15.5. The molecule has 142 valence electrons. The molecule has 8 aliphatic rings. The Morgan fingerprint density at radius 1 is 1.23 bits per heavy atom. The second-order valence-corrected chi connectivity index (χ2v) is 11.5. The molecule has 0 amide bonds. The Bertz CT molecular complexity index is 735. The van der Waals surface area contributed by atoms with Crippen molar-refractivity contribution in [2.24, 2.45) is 39.9 Å². The van der Waals surface area contributed by atoms with E-state index in [2.05, 4.69) is 18.7 Å². The maximum atomic E-state index is 13.7. The van der Waals surface area contributed by atoms with Gasteiger partial charge in [0.1, 0.15) is 12.0 Å². The van der Waals surface area contributed by atoms with E-state index in [-0.39, 0.29) is 28.4 Å². The van der Waals surface area contributed by atoms with Crippen molar-refractivity contribution in [1.82, 2.24) is 4.90 Å². The average Bonchev–Trinajstić information content (AvgIpc) is 3.04. The Hall–Kier alpha value is -0.450. The number of Topliss-reactive ketones (excluding diaryl/α,β-unsaturated/α-hetero) is 1. The lowest BCUT2D eigenvalue weighted by Gasteiger charge is -2.68. The summed E-state index contributed by atoms with van der Waals surface area (Å²) in [5.74, 6) is 2.43. The van der Waals surface area contributed by atoms with Gasteiger partial charge in [-0.3, -0.25) is 9.69 Å². The molecule has 10 atom stereocenters. The third-order valence-electron chi connectivity index (χ3n) is 10.8. The van der Waals surface area contributed by atoms with Crippen LogP contribution in [0.25, 0.3) is 0 Å². The van der Waals surface area contributed by atoms with Crippen molar-refractivity contribution in [3.8, 4) is 0 Å². The molecule has 0 aromatic heterocycles. The summed E-state index contributed by atoms with van der Waals surface area (Å²) in [5, 5.41) is 11.2. The van der Waals surface area contributed by atoms with Gasteiger partial charge in [-0.2, -0.15) is 0 Å². The molecule has 8 fully saturated rings. The lowest BCUT2D eigenvalue weighted by molar-refractivity contribution is -0.240. The third kappa shape index (κ3) is 1.28. The number of fused-ring (bicyclic) bond motifs is 4. The van der Waals surface area contributed by atoms with E-state index in [0.717, 1.165) is 38.8 Å². The van der Waals surface area contributed by atoms with Crippen LogP contribution in [0.5, 0.6) is 0 Å². The van der Waals surface area contributed by atoms with Crippen LogP contribution >= 0.6 is 0 Å². The minimum absolute atomic E-state index is 0.00316. The lowest BCUT2D eigenvalue weighted by atomic mass is 9.38. The van der Waals surface area contributed by atoms with Crippen LogP contribution in [0.4, 0.5) is 0 Å². The van der Waals surface area contributed by atoms with Gasteiger partial charge in [-0.15, -0.1) is 0 Å². The number of hydrogen-bond acceptors (Lipinski definition) is 4. The highest BCUT2D eigenvalue weighted by Gasteiger charge is 2.84. The zero-order valence-corrected chi connectivity index (χ0v) is 16.0. The van der Waals surface area contributed by atoms with Crippen molar-refractivity contribution in [1.29, 1.82) is 0 Å². The van der Waals surface area contributed by atoms with Gasteiger partial charge >= 0.3 is 0 Å². The molecule has 0 radical (unpaired) electrons. The Morgan fingerprint density at radius 2 is 2.08 bits per heavy atom. The van der Waals surface area contributed by atoms with Crippen LogP contribution in [0.1, 0.15) is 58.8 Å². The van der Waals surface area contributed by atoms with Gasteiger partial charge in [0.25, 0.3) is 0 Å². The maximum absolute atomic E-state index is 13.7. The second-order valence-electron chi connectivity index (χ2n) is 11.5. The summed E-state index contributed by atoms with van der Waals surface area (Å²) in [4.78, 5) is 16.5. The van der Waals surface area contributed by atoms with E-state index < -0.39 is 5.60 Å². The molecule has 4 nitrogen and oxygen atoms in total. The van der Waals surface area contributed by atoms with Crippen LogP contribution < -0.4 is 0 Å². The Kier molecular flexibility index (Phi) is 2.45. The fraction of sp³-hybridized carbons (Fsp3) is 0.955.